The largest absolute Gasteiger partial charge is 0.544 e. The van der Waals surface area contributed by atoms with Crippen LogP contribution in [0.5, 0.6) is 0 Å². The number of hydrogen-bond acceptors (Lipinski definition) is 3. The lowest BCUT2D eigenvalue weighted by atomic mass is 9.76. The Hall–Kier alpha value is -3.44. The summed E-state index contributed by atoms with van der Waals surface area (Å²) in [6.07, 6.45) is 0.150. The van der Waals surface area contributed by atoms with Gasteiger partial charge in [-0.05, 0) is 23.6 Å². The molecular weight excluding hydrogens is 376 g/mol. The molecule has 0 radical (unpaired) electrons. The van der Waals surface area contributed by atoms with E-state index in [1.54, 1.807) is 0 Å². The molecule has 3 aromatic carbocycles. The molecule has 5 nitrogen and oxygen atoms in total. The van der Waals surface area contributed by atoms with Gasteiger partial charge in [-0.1, -0.05) is 90.5 Å². The van der Waals surface area contributed by atoms with E-state index in [9.17, 15) is 14.7 Å². The van der Waals surface area contributed by atoms with Crippen LogP contribution in [-0.4, -0.2) is 17.9 Å². The fourth-order valence-electron chi connectivity index (χ4n) is 3.59. The van der Waals surface area contributed by atoms with E-state index in [1.165, 1.54) is 0 Å². The molecule has 1 amide bonds. The smallest absolute Gasteiger partial charge is 0.221 e. The number of benzene rings is 3. The molecule has 5 heteroatoms. The van der Waals surface area contributed by atoms with Crippen molar-refractivity contribution in [2.24, 2.45) is 0 Å². The Bertz CT molecular complexity index is 946. The van der Waals surface area contributed by atoms with Crippen molar-refractivity contribution in [2.45, 2.75) is 31.3 Å². The maximum absolute atomic E-state index is 13.0. The highest BCUT2D eigenvalue weighted by atomic mass is 16.4. The van der Waals surface area contributed by atoms with Gasteiger partial charge in [-0.25, -0.2) is 0 Å². The number of aliphatic carboxylic acids is 1. The van der Waals surface area contributed by atoms with Gasteiger partial charge in [0.25, 0.3) is 0 Å². The van der Waals surface area contributed by atoms with Crippen LogP contribution in [0.1, 0.15) is 35.1 Å². The summed E-state index contributed by atoms with van der Waals surface area (Å²) >= 11 is 0. The number of quaternary nitrogens is 1. The van der Waals surface area contributed by atoms with Crippen molar-refractivity contribution in [2.75, 3.05) is 0 Å². The lowest BCUT2D eigenvalue weighted by molar-refractivity contribution is -0.438. The molecule has 0 aliphatic rings. The normalized spacial score (nSPS) is 12.2. The van der Waals surface area contributed by atoms with Crippen LogP contribution in [0.15, 0.2) is 84.9 Å². The van der Waals surface area contributed by atoms with Crippen molar-refractivity contribution >= 4 is 11.9 Å². The second kappa shape index (κ2) is 9.37. The first-order chi connectivity index (χ1) is 14.4. The summed E-state index contributed by atoms with van der Waals surface area (Å²) in [4.78, 5) is 24.0. The first-order valence-electron chi connectivity index (χ1n) is 9.96. The van der Waals surface area contributed by atoms with Crippen molar-refractivity contribution < 1.29 is 20.4 Å². The number of nitrogens with one attached hydrogen (secondary N) is 1. The predicted molar refractivity (Wildman–Crippen MR) is 113 cm³/mol. The molecule has 4 N–H and O–H groups in total. The number of rotatable bonds is 8. The Labute approximate surface area is 176 Å². The van der Waals surface area contributed by atoms with E-state index in [0.717, 1.165) is 22.3 Å². The number of carboxylic acid groups (broad SMARTS) is 1. The van der Waals surface area contributed by atoms with E-state index in [-0.39, 0.29) is 18.7 Å². The van der Waals surface area contributed by atoms with Gasteiger partial charge in [0.05, 0.1) is 5.97 Å². The summed E-state index contributed by atoms with van der Waals surface area (Å²) in [7, 11) is 0. The van der Waals surface area contributed by atoms with Gasteiger partial charge in [0.1, 0.15) is 11.6 Å². The molecule has 0 saturated carbocycles. The average molecular weight is 402 g/mol. The third kappa shape index (κ3) is 4.58. The van der Waals surface area contributed by atoms with Gasteiger partial charge in [0.15, 0.2) is 0 Å². The van der Waals surface area contributed by atoms with Crippen LogP contribution in [0.2, 0.25) is 0 Å². The predicted octanol–water partition coefficient (Wildman–Crippen LogP) is 1.54. The number of carbonyl (C=O) groups excluding carboxylic acids is 2. The summed E-state index contributed by atoms with van der Waals surface area (Å²) in [6, 6.07) is 26.7. The molecular formula is C25H26N2O3. The highest BCUT2D eigenvalue weighted by molar-refractivity contribution is 5.80. The zero-order chi connectivity index (χ0) is 21.6. The van der Waals surface area contributed by atoms with E-state index >= 15 is 0 Å². The minimum absolute atomic E-state index is 0.0371. The second-order valence-electron chi connectivity index (χ2n) is 7.45. The van der Waals surface area contributed by atoms with Gasteiger partial charge >= 0.3 is 0 Å². The molecule has 154 valence electrons. The Morgan fingerprint density at radius 1 is 0.867 bits per heavy atom. The van der Waals surface area contributed by atoms with Gasteiger partial charge in [-0.2, -0.15) is 0 Å². The average Bonchev–Trinajstić information content (AvgIpc) is 2.77. The molecule has 1 atom stereocenters. The van der Waals surface area contributed by atoms with Gasteiger partial charge in [-0.3, -0.25) is 4.79 Å². The fraction of sp³-hybridized carbons (Fsp3) is 0.200. The van der Waals surface area contributed by atoms with Crippen LogP contribution in [0, 0.1) is 6.92 Å². The lowest BCUT2D eigenvalue weighted by Gasteiger charge is -2.37. The number of amides is 1. The molecule has 3 aromatic rings. The molecule has 0 spiro atoms. The third-order valence-corrected chi connectivity index (χ3v) is 5.28. The number of carboxylic acids is 1. The van der Waals surface area contributed by atoms with Crippen LogP contribution in [-0.2, 0) is 15.1 Å². The molecule has 0 saturated heterocycles. The molecule has 3 rings (SSSR count). The van der Waals surface area contributed by atoms with Gasteiger partial charge < -0.3 is 21.0 Å². The Kier molecular flexibility index (Phi) is 6.65. The van der Waals surface area contributed by atoms with Gasteiger partial charge in [0, 0.05) is 12.8 Å². The van der Waals surface area contributed by atoms with Gasteiger partial charge in [-0.15, -0.1) is 0 Å². The lowest BCUT2D eigenvalue weighted by Crippen LogP contribution is -2.68. The van der Waals surface area contributed by atoms with Crippen molar-refractivity contribution in [3.8, 4) is 0 Å². The molecule has 0 aliphatic heterocycles. The Balaban J connectivity index is 2.10. The summed E-state index contributed by atoms with van der Waals surface area (Å²) in [5.74, 6) is -1.50. The molecule has 0 bridgehead atoms. The van der Waals surface area contributed by atoms with Crippen molar-refractivity contribution in [1.29, 1.82) is 0 Å². The molecule has 0 unspecified atom stereocenters. The maximum atomic E-state index is 13.0. The van der Waals surface area contributed by atoms with E-state index in [0.29, 0.717) is 0 Å². The summed E-state index contributed by atoms with van der Waals surface area (Å²) in [5.41, 5.74) is 6.51. The van der Waals surface area contributed by atoms with E-state index < -0.39 is 17.6 Å². The summed E-state index contributed by atoms with van der Waals surface area (Å²) < 4.78 is 0. The van der Waals surface area contributed by atoms with Crippen molar-refractivity contribution in [1.82, 2.24) is 5.32 Å². The minimum atomic E-state index is -1.25. The molecule has 0 aromatic heterocycles. The van der Waals surface area contributed by atoms with Gasteiger partial charge in [0.2, 0.25) is 5.91 Å². The Morgan fingerprint density at radius 2 is 1.33 bits per heavy atom. The quantitative estimate of drug-likeness (QED) is 0.560. The van der Waals surface area contributed by atoms with Crippen LogP contribution < -0.4 is 16.2 Å². The fourth-order valence-corrected chi connectivity index (χ4v) is 3.59. The van der Waals surface area contributed by atoms with Crippen LogP contribution in [0.4, 0.5) is 0 Å². The van der Waals surface area contributed by atoms with E-state index in [4.69, 9.17) is 0 Å². The third-order valence-electron chi connectivity index (χ3n) is 5.28. The molecule has 0 aliphatic carbocycles. The highest BCUT2D eigenvalue weighted by Crippen LogP contribution is 2.37. The molecule has 0 heterocycles. The SMILES string of the molecule is Cc1ccc(C(NC(=O)CC[C@@H]([NH3+])C(=O)[O-])(c2ccccc2)c2ccccc2)cc1. The standard InChI is InChI=1S/C25H26N2O3/c1-18-12-14-21(15-13-18)25(19-8-4-2-5-9-19,20-10-6-3-7-11-20)27-23(28)17-16-22(26)24(29)30/h2-15,22H,16-17,26H2,1H3,(H,27,28)(H,29,30)/t22-/m1/s1. The highest BCUT2D eigenvalue weighted by Gasteiger charge is 2.37. The van der Waals surface area contributed by atoms with Crippen LogP contribution >= 0.6 is 0 Å². The topological polar surface area (TPSA) is 96.9 Å². The first-order valence-corrected chi connectivity index (χ1v) is 9.96. The molecule has 30 heavy (non-hydrogen) atoms. The monoisotopic (exact) mass is 402 g/mol. The van der Waals surface area contributed by atoms with Crippen molar-refractivity contribution in [3.05, 3.63) is 107 Å². The van der Waals surface area contributed by atoms with E-state index in [1.807, 2.05) is 91.9 Å². The second-order valence-corrected chi connectivity index (χ2v) is 7.45. The zero-order valence-corrected chi connectivity index (χ0v) is 17.0. The first kappa shape index (κ1) is 21.3. The number of carbonyl (C=O) groups is 2. The number of aryl methyl sites for hydroxylation is 1. The summed E-state index contributed by atoms with van der Waals surface area (Å²) in [5, 5.41) is 14.2. The maximum Gasteiger partial charge on any atom is 0.221 e. The van der Waals surface area contributed by atoms with E-state index in [2.05, 4.69) is 11.1 Å². The minimum Gasteiger partial charge on any atom is -0.544 e. The van der Waals surface area contributed by atoms with Crippen LogP contribution in [0.25, 0.3) is 0 Å². The van der Waals surface area contributed by atoms with Crippen molar-refractivity contribution in [3.63, 3.8) is 0 Å². The summed E-state index contributed by atoms with van der Waals surface area (Å²) in [6.45, 7) is 2.02. The van der Waals surface area contributed by atoms with Crippen LogP contribution in [0.3, 0.4) is 0 Å². The zero-order valence-electron chi connectivity index (χ0n) is 17.0. The molecule has 0 fully saturated rings. The Morgan fingerprint density at radius 3 is 1.80 bits per heavy atom. The number of hydrogen-bond donors (Lipinski definition) is 2.